The summed E-state index contributed by atoms with van der Waals surface area (Å²) in [4.78, 5) is 12.4. The van der Waals surface area contributed by atoms with Crippen molar-refractivity contribution < 1.29 is 9.90 Å². The minimum absolute atomic E-state index is 0.0990. The number of thiophene rings is 1. The molecule has 21 heavy (non-hydrogen) atoms. The summed E-state index contributed by atoms with van der Waals surface area (Å²) in [6.45, 7) is 0. The van der Waals surface area contributed by atoms with Crippen LogP contribution >= 0.6 is 11.3 Å². The molecule has 3 rings (SSSR count). The quantitative estimate of drug-likeness (QED) is 0.912. The van der Waals surface area contributed by atoms with Gasteiger partial charge in [0.15, 0.2) is 0 Å². The molecule has 2 N–H and O–H groups in total. The van der Waals surface area contributed by atoms with Crippen LogP contribution in [0.25, 0.3) is 11.1 Å². The fourth-order valence-electron chi connectivity index (χ4n) is 2.80. The molecule has 110 valence electrons. The van der Waals surface area contributed by atoms with Crippen molar-refractivity contribution in [3.05, 3.63) is 46.7 Å². The fraction of sp³-hybridized carbons (Fsp3) is 0.353. The summed E-state index contributed by atoms with van der Waals surface area (Å²) in [5.74, 6) is -0.0990. The minimum Gasteiger partial charge on any atom is -0.391 e. The monoisotopic (exact) mass is 301 g/mol. The first-order valence-electron chi connectivity index (χ1n) is 7.35. The molecular formula is C17H19NO2S. The molecule has 1 fully saturated rings. The Balaban J connectivity index is 1.74. The average Bonchev–Trinajstić information content (AvgIpc) is 3.04. The summed E-state index contributed by atoms with van der Waals surface area (Å²) in [6.07, 6.45) is 3.33. The Morgan fingerprint density at radius 2 is 2.05 bits per heavy atom. The van der Waals surface area contributed by atoms with Crippen LogP contribution in [0, 0.1) is 0 Å². The number of aliphatic hydroxyl groups excluding tert-OH is 1. The highest BCUT2D eigenvalue weighted by Gasteiger charge is 2.24. The van der Waals surface area contributed by atoms with Crippen LogP contribution in [-0.2, 0) is 0 Å². The highest BCUT2D eigenvalue weighted by molar-refractivity contribution is 7.08. The van der Waals surface area contributed by atoms with Crippen molar-refractivity contribution in [2.45, 2.75) is 37.8 Å². The van der Waals surface area contributed by atoms with E-state index in [4.69, 9.17) is 0 Å². The Kier molecular flexibility index (Phi) is 4.36. The molecule has 1 aromatic carbocycles. The van der Waals surface area contributed by atoms with Crippen LogP contribution in [0.4, 0.5) is 0 Å². The second kappa shape index (κ2) is 6.41. The van der Waals surface area contributed by atoms with E-state index in [0.717, 1.165) is 36.8 Å². The molecule has 4 heteroatoms. The summed E-state index contributed by atoms with van der Waals surface area (Å²) in [5, 5.41) is 17.0. The Morgan fingerprint density at radius 3 is 2.81 bits per heavy atom. The van der Waals surface area contributed by atoms with E-state index in [1.165, 1.54) is 0 Å². The minimum atomic E-state index is -0.414. The van der Waals surface area contributed by atoms with Gasteiger partial charge in [0.05, 0.1) is 12.1 Å². The number of nitrogens with one attached hydrogen (secondary N) is 1. The highest BCUT2D eigenvalue weighted by Crippen LogP contribution is 2.23. The first kappa shape index (κ1) is 14.3. The largest absolute Gasteiger partial charge is 0.391 e. The molecule has 0 unspecified atom stereocenters. The summed E-state index contributed by atoms with van der Waals surface area (Å²) < 4.78 is 0. The maximum absolute atomic E-state index is 12.4. The van der Waals surface area contributed by atoms with Crippen LogP contribution in [0.3, 0.4) is 0 Å². The number of rotatable bonds is 3. The molecule has 3 nitrogen and oxygen atoms in total. The molecule has 1 aliphatic rings. The predicted octanol–water partition coefficient (Wildman–Crippen LogP) is 3.45. The van der Waals surface area contributed by atoms with E-state index in [9.17, 15) is 9.90 Å². The first-order valence-corrected chi connectivity index (χ1v) is 8.30. The third kappa shape index (κ3) is 3.34. The average molecular weight is 301 g/mol. The highest BCUT2D eigenvalue weighted by atomic mass is 32.1. The second-order valence-corrected chi connectivity index (χ2v) is 6.30. The lowest BCUT2D eigenvalue weighted by molar-refractivity contribution is 0.0717. The van der Waals surface area contributed by atoms with E-state index in [0.29, 0.717) is 5.56 Å². The number of carbonyl (C=O) groups is 1. The van der Waals surface area contributed by atoms with E-state index in [-0.39, 0.29) is 11.9 Å². The molecule has 1 aromatic heterocycles. The van der Waals surface area contributed by atoms with Crippen molar-refractivity contribution in [3.8, 4) is 11.1 Å². The number of carbonyl (C=O) groups excluding carboxylic acids is 1. The number of hydrogen-bond donors (Lipinski definition) is 2. The Hall–Kier alpha value is -1.65. The number of hydrogen-bond acceptors (Lipinski definition) is 3. The van der Waals surface area contributed by atoms with Gasteiger partial charge in [-0.25, -0.2) is 0 Å². The van der Waals surface area contributed by atoms with Gasteiger partial charge in [-0.3, -0.25) is 4.79 Å². The van der Waals surface area contributed by atoms with Crippen molar-refractivity contribution in [1.29, 1.82) is 0 Å². The summed E-state index contributed by atoms with van der Waals surface area (Å²) in [7, 11) is 0. The zero-order chi connectivity index (χ0) is 14.7. The van der Waals surface area contributed by atoms with Crippen molar-refractivity contribution in [3.63, 3.8) is 0 Å². The smallest absolute Gasteiger partial charge is 0.251 e. The van der Waals surface area contributed by atoms with E-state index >= 15 is 0 Å². The van der Waals surface area contributed by atoms with Gasteiger partial charge in [0.1, 0.15) is 0 Å². The molecule has 0 aliphatic heterocycles. The third-order valence-corrected chi connectivity index (χ3v) is 4.71. The van der Waals surface area contributed by atoms with Gasteiger partial charge in [-0.2, -0.15) is 11.3 Å². The van der Waals surface area contributed by atoms with E-state index in [1.807, 2.05) is 35.7 Å². The standard InChI is InChI=1S/C17H19NO2S/c19-16-7-2-1-6-15(16)18-17(20)13-5-3-4-12(10-13)14-8-9-21-11-14/h3-5,8-11,15-16,19H,1-2,6-7H2,(H,18,20)/t15-,16-/m0/s1. The lowest BCUT2D eigenvalue weighted by atomic mass is 9.92. The Labute approximate surface area is 128 Å². The van der Waals surface area contributed by atoms with E-state index < -0.39 is 6.10 Å². The fourth-order valence-corrected chi connectivity index (χ4v) is 3.47. The zero-order valence-corrected chi connectivity index (χ0v) is 12.6. The summed E-state index contributed by atoms with van der Waals surface area (Å²) >= 11 is 1.64. The zero-order valence-electron chi connectivity index (χ0n) is 11.8. The van der Waals surface area contributed by atoms with Gasteiger partial charge in [-0.1, -0.05) is 25.0 Å². The van der Waals surface area contributed by atoms with Crippen LogP contribution in [0.1, 0.15) is 36.0 Å². The molecule has 1 saturated carbocycles. The van der Waals surface area contributed by atoms with Gasteiger partial charge in [-0.15, -0.1) is 0 Å². The lowest BCUT2D eigenvalue weighted by Gasteiger charge is -2.28. The molecule has 2 aromatic rings. The van der Waals surface area contributed by atoms with Crippen LogP contribution in [0.15, 0.2) is 41.1 Å². The van der Waals surface area contributed by atoms with Crippen molar-refractivity contribution in [1.82, 2.24) is 5.32 Å². The van der Waals surface area contributed by atoms with Crippen molar-refractivity contribution in [2.24, 2.45) is 0 Å². The SMILES string of the molecule is O=C(N[C@H]1CCCC[C@@H]1O)c1cccc(-c2ccsc2)c1. The number of benzene rings is 1. The molecule has 1 aliphatic carbocycles. The van der Waals surface area contributed by atoms with Crippen LogP contribution < -0.4 is 5.32 Å². The molecular weight excluding hydrogens is 282 g/mol. The van der Waals surface area contributed by atoms with Gasteiger partial charge >= 0.3 is 0 Å². The van der Waals surface area contributed by atoms with Crippen molar-refractivity contribution in [2.75, 3.05) is 0 Å². The number of amides is 1. The van der Waals surface area contributed by atoms with E-state index in [1.54, 1.807) is 11.3 Å². The maximum Gasteiger partial charge on any atom is 0.251 e. The van der Waals surface area contributed by atoms with Gasteiger partial charge in [0.25, 0.3) is 5.91 Å². The second-order valence-electron chi connectivity index (χ2n) is 5.52. The number of aliphatic hydroxyl groups is 1. The molecule has 0 spiro atoms. The molecule has 0 bridgehead atoms. The summed E-state index contributed by atoms with van der Waals surface area (Å²) in [5.41, 5.74) is 2.83. The molecule has 1 amide bonds. The third-order valence-electron chi connectivity index (χ3n) is 4.03. The van der Waals surface area contributed by atoms with Gasteiger partial charge in [-0.05, 0) is 52.9 Å². The molecule has 0 saturated heterocycles. The molecule has 0 radical (unpaired) electrons. The summed E-state index contributed by atoms with van der Waals surface area (Å²) in [6, 6.07) is 9.57. The predicted molar refractivity (Wildman–Crippen MR) is 85.5 cm³/mol. The Morgan fingerprint density at radius 1 is 1.19 bits per heavy atom. The van der Waals surface area contributed by atoms with Gasteiger partial charge < -0.3 is 10.4 Å². The Bertz CT molecular complexity index is 609. The topological polar surface area (TPSA) is 49.3 Å². The van der Waals surface area contributed by atoms with Gasteiger partial charge in [0, 0.05) is 5.56 Å². The maximum atomic E-state index is 12.4. The normalized spacial score (nSPS) is 22.0. The van der Waals surface area contributed by atoms with E-state index in [2.05, 4.69) is 10.7 Å². The molecule has 2 atom stereocenters. The van der Waals surface area contributed by atoms with Crippen LogP contribution in [-0.4, -0.2) is 23.2 Å². The van der Waals surface area contributed by atoms with Crippen LogP contribution in [0.5, 0.6) is 0 Å². The van der Waals surface area contributed by atoms with Crippen molar-refractivity contribution >= 4 is 17.2 Å². The first-order chi connectivity index (χ1) is 10.2. The van der Waals surface area contributed by atoms with Gasteiger partial charge in [0.2, 0.25) is 0 Å². The van der Waals surface area contributed by atoms with Crippen LogP contribution in [0.2, 0.25) is 0 Å². The molecule has 1 heterocycles. The lowest BCUT2D eigenvalue weighted by Crippen LogP contribution is -2.45.